The summed E-state index contributed by atoms with van der Waals surface area (Å²) in [5, 5.41) is 3.23. The molecular formula is C11H19N3OS. The van der Waals surface area contributed by atoms with Crippen LogP contribution in [0.3, 0.4) is 0 Å². The minimum absolute atomic E-state index is 0.602. The van der Waals surface area contributed by atoms with Gasteiger partial charge >= 0.3 is 0 Å². The topological polar surface area (TPSA) is 47.0 Å². The highest BCUT2D eigenvalue weighted by Gasteiger charge is 2.04. The zero-order valence-corrected chi connectivity index (χ0v) is 11.1. The molecule has 4 nitrogen and oxygen atoms in total. The van der Waals surface area contributed by atoms with Crippen LogP contribution in [0.15, 0.2) is 6.07 Å². The van der Waals surface area contributed by atoms with E-state index in [0.29, 0.717) is 17.7 Å². The molecule has 1 unspecified atom stereocenters. The Morgan fingerprint density at radius 2 is 2.25 bits per heavy atom. The fraction of sp³-hybridized carbons (Fsp3) is 0.636. The Morgan fingerprint density at radius 3 is 2.88 bits per heavy atom. The highest BCUT2D eigenvalue weighted by Crippen LogP contribution is 2.12. The van der Waals surface area contributed by atoms with Crippen LogP contribution in [-0.2, 0) is 0 Å². The van der Waals surface area contributed by atoms with Crippen LogP contribution in [0, 0.1) is 12.8 Å². The average molecular weight is 241 g/mol. The Hall–Kier alpha value is -0.970. The van der Waals surface area contributed by atoms with Crippen molar-refractivity contribution in [3.05, 3.63) is 11.8 Å². The number of methoxy groups -OCH3 is 1. The van der Waals surface area contributed by atoms with E-state index in [9.17, 15) is 0 Å². The van der Waals surface area contributed by atoms with Gasteiger partial charge in [0.15, 0.2) is 0 Å². The molecule has 5 heteroatoms. The monoisotopic (exact) mass is 241 g/mol. The molecule has 0 aliphatic heterocycles. The molecule has 1 aromatic rings. The van der Waals surface area contributed by atoms with Gasteiger partial charge in [0, 0.05) is 18.3 Å². The minimum atomic E-state index is 0.602. The fourth-order valence-electron chi connectivity index (χ4n) is 1.33. The lowest BCUT2D eigenvalue weighted by Crippen LogP contribution is -2.15. The van der Waals surface area contributed by atoms with E-state index in [-0.39, 0.29) is 0 Å². The predicted molar refractivity (Wildman–Crippen MR) is 69.4 cm³/mol. The van der Waals surface area contributed by atoms with Crippen LogP contribution in [-0.4, -0.2) is 35.6 Å². The van der Waals surface area contributed by atoms with E-state index >= 15 is 0 Å². The Morgan fingerprint density at radius 1 is 1.50 bits per heavy atom. The summed E-state index contributed by atoms with van der Waals surface area (Å²) in [6, 6.07) is 1.82. The molecule has 0 bridgehead atoms. The zero-order valence-electron chi connectivity index (χ0n) is 10.3. The van der Waals surface area contributed by atoms with Crippen molar-refractivity contribution in [2.45, 2.75) is 13.8 Å². The summed E-state index contributed by atoms with van der Waals surface area (Å²) in [7, 11) is 1.61. The van der Waals surface area contributed by atoms with Gasteiger partial charge in [-0.1, -0.05) is 6.92 Å². The van der Waals surface area contributed by atoms with E-state index in [1.807, 2.05) is 24.8 Å². The first-order valence-electron chi connectivity index (χ1n) is 5.28. The van der Waals surface area contributed by atoms with Gasteiger partial charge in [-0.2, -0.15) is 16.7 Å². The average Bonchev–Trinajstić information content (AvgIpc) is 2.26. The van der Waals surface area contributed by atoms with Gasteiger partial charge in [-0.3, -0.25) is 0 Å². The summed E-state index contributed by atoms with van der Waals surface area (Å²) >= 11 is 1.85. The van der Waals surface area contributed by atoms with Crippen molar-refractivity contribution in [3.8, 4) is 5.88 Å². The summed E-state index contributed by atoms with van der Waals surface area (Å²) in [6.45, 7) is 5.02. The van der Waals surface area contributed by atoms with Gasteiger partial charge in [-0.25, -0.2) is 4.98 Å². The molecule has 90 valence electrons. The van der Waals surface area contributed by atoms with Crippen molar-refractivity contribution in [2.24, 2.45) is 5.92 Å². The van der Waals surface area contributed by atoms with E-state index in [1.165, 1.54) is 0 Å². The van der Waals surface area contributed by atoms with Crippen molar-refractivity contribution >= 4 is 17.7 Å². The van der Waals surface area contributed by atoms with E-state index in [4.69, 9.17) is 4.74 Å². The number of ether oxygens (including phenoxy) is 1. The zero-order chi connectivity index (χ0) is 12.0. The molecule has 1 N–H and O–H groups in total. The van der Waals surface area contributed by atoms with Gasteiger partial charge in [0.25, 0.3) is 0 Å². The van der Waals surface area contributed by atoms with Gasteiger partial charge in [-0.15, -0.1) is 0 Å². The van der Waals surface area contributed by atoms with Crippen LogP contribution in [0.5, 0.6) is 5.88 Å². The maximum absolute atomic E-state index is 5.09. The Labute approximate surface area is 101 Å². The van der Waals surface area contributed by atoms with Crippen LogP contribution >= 0.6 is 11.8 Å². The lowest BCUT2D eigenvalue weighted by Gasteiger charge is -2.11. The summed E-state index contributed by atoms with van der Waals surface area (Å²) in [5.74, 6) is 2.98. The second-order valence-corrected chi connectivity index (χ2v) is 4.73. The molecule has 0 aliphatic carbocycles. The first-order valence-corrected chi connectivity index (χ1v) is 6.67. The smallest absolute Gasteiger partial charge is 0.226 e. The van der Waals surface area contributed by atoms with E-state index in [0.717, 1.165) is 18.0 Å². The predicted octanol–water partition coefficient (Wildman–Crippen LogP) is 2.20. The van der Waals surface area contributed by atoms with Crippen LogP contribution in [0.1, 0.15) is 12.6 Å². The lowest BCUT2D eigenvalue weighted by atomic mass is 10.2. The second-order valence-electron chi connectivity index (χ2n) is 3.82. The molecule has 0 fully saturated rings. The molecule has 16 heavy (non-hydrogen) atoms. The summed E-state index contributed by atoms with van der Waals surface area (Å²) in [4.78, 5) is 8.54. The number of hydrogen-bond donors (Lipinski definition) is 1. The molecule has 0 saturated heterocycles. The molecule has 1 atom stereocenters. The number of thioether (sulfide) groups is 1. The quantitative estimate of drug-likeness (QED) is 0.827. The molecule has 0 spiro atoms. The first-order chi connectivity index (χ1) is 7.65. The normalized spacial score (nSPS) is 12.2. The number of nitrogens with zero attached hydrogens (tertiary/aromatic N) is 2. The Kier molecular flexibility index (Phi) is 5.38. The number of anilines is 1. The molecule has 0 aromatic carbocycles. The van der Waals surface area contributed by atoms with E-state index < -0.39 is 0 Å². The van der Waals surface area contributed by atoms with Crippen LogP contribution in [0.25, 0.3) is 0 Å². The van der Waals surface area contributed by atoms with Gasteiger partial charge in [0.1, 0.15) is 0 Å². The lowest BCUT2D eigenvalue weighted by molar-refractivity contribution is 0.397. The number of aryl methyl sites for hydroxylation is 1. The third-order valence-electron chi connectivity index (χ3n) is 2.10. The number of rotatable bonds is 6. The van der Waals surface area contributed by atoms with Crippen molar-refractivity contribution in [1.82, 2.24) is 9.97 Å². The first kappa shape index (κ1) is 13.1. The number of aromatic nitrogens is 2. The van der Waals surface area contributed by atoms with Gasteiger partial charge in [0.2, 0.25) is 11.8 Å². The number of hydrogen-bond acceptors (Lipinski definition) is 5. The van der Waals surface area contributed by atoms with Crippen LogP contribution in [0.4, 0.5) is 5.95 Å². The third-order valence-corrected chi connectivity index (χ3v) is 3.00. The van der Waals surface area contributed by atoms with E-state index in [1.54, 1.807) is 7.11 Å². The van der Waals surface area contributed by atoms with Crippen LogP contribution < -0.4 is 10.1 Å². The molecule has 0 radical (unpaired) electrons. The second kappa shape index (κ2) is 6.58. The Bertz CT molecular complexity index is 333. The summed E-state index contributed by atoms with van der Waals surface area (Å²) < 4.78 is 5.09. The van der Waals surface area contributed by atoms with E-state index in [2.05, 4.69) is 28.5 Å². The molecule has 0 aliphatic rings. The van der Waals surface area contributed by atoms with Gasteiger partial charge in [-0.05, 0) is 24.9 Å². The molecule has 1 rings (SSSR count). The summed E-state index contributed by atoms with van der Waals surface area (Å²) in [6.07, 6.45) is 2.11. The standard InChI is InChI=1S/C11H19N3OS/c1-8(7-16-4)6-12-11-13-9(2)5-10(14-11)15-3/h5,8H,6-7H2,1-4H3,(H,12,13,14). The van der Waals surface area contributed by atoms with Crippen molar-refractivity contribution < 1.29 is 4.74 Å². The summed E-state index contributed by atoms with van der Waals surface area (Å²) in [5.41, 5.74) is 0.909. The van der Waals surface area contributed by atoms with Crippen molar-refractivity contribution in [3.63, 3.8) is 0 Å². The highest BCUT2D eigenvalue weighted by atomic mass is 32.2. The molecule has 1 aromatic heterocycles. The molecular weight excluding hydrogens is 222 g/mol. The SMILES string of the molecule is COc1cc(C)nc(NCC(C)CSC)n1. The highest BCUT2D eigenvalue weighted by molar-refractivity contribution is 7.98. The third kappa shape index (κ3) is 4.26. The Balaban J connectivity index is 2.56. The maximum atomic E-state index is 5.09. The van der Waals surface area contributed by atoms with Gasteiger partial charge in [0.05, 0.1) is 7.11 Å². The van der Waals surface area contributed by atoms with Gasteiger partial charge < -0.3 is 10.1 Å². The maximum Gasteiger partial charge on any atom is 0.226 e. The van der Waals surface area contributed by atoms with Crippen LogP contribution in [0.2, 0.25) is 0 Å². The fourth-order valence-corrected chi connectivity index (χ4v) is 2.02. The van der Waals surface area contributed by atoms with Crippen molar-refractivity contribution in [2.75, 3.05) is 31.0 Å². The largest absolute Gasteiger partial charge is 0.481 e. The minimum Gasteiger partial charge on any atom is -0.481 e. The number of nitrogens with one attached hydrogen (secondary N) is 1. The molecule has 1 heterocycles. The molecule has 0 amide bonds. The molecule has 0 saturated carbocycles. The van der Waals surface area contributed by atoms with Crippen molar-refractivity contribution in [1.29, 1.82) is 0 Å².